The summed E-state index contributed by atoms with van der Waals surface area (Å²) >= 11 is 0. The van der Waals surface area contributed by atoms with E-state index in [2.05, 4.69) is 16.0 Å². The average molecular weight is 260 g/mol. The van der Waals surface area contributed by atoms with Crippen molar-refractivity contribution in [2.45, 2.75) is 56.9 Å². The Kier molecular flexibility index (Phi) is 3.97. The lowest BCUT2D eigenvalue weighted by Crippen LogP contribution is -2.43. The lowest BCUT2D eigenvalue weighted by Gasteiger charge is -2.31. The quantitative estimate of drug-likeness (QED) is 0.887. The van der Waals surface area contributed by atoms with E-state index in [-0.39, 0.29) is 6.04 Å². The summed E-state index contributed by atoms with van der Waals surface area (Å²) in [5, 5.41) is 0. The molecule has 1 atom stereocenters. The van der Waals surface area contributed by atoms with Crippen molar-refractivity contribution < 1.29 is 0 Å². The first kappa shape index (κ1) is 12.9. The summed E-state index contributed by atoms with van der Waals surface area (Å²) < 4.78 is 0. The number of anilines is 1. The van der Waals surface area contributed by atoms with Crippen molar-refractivity contribution in [2.75, 3.05) is 18.0 Å². The minimum atomic E-state index is 0.274. The van der Waals surface area contributed by atoms with Crippen LogP contribution in [0.15, 0.2) is 12.3 Å². The van der Waals surface area contributed by atoms with Crippen LogP contribution in [-0.2, 0) is 0 Å². The molecule has 1 aromatic rings. The fourth-order valence-electron chi connectivity index (χ4n) is 3.33. The van der Waals surface area contributed by atoms with Crippen LogP contribution < -0.4 is 10.6 Å². The van der Waals surface area contributed by atoms with Crippen molar-refractivity contribution >= 4 is 5.95 Å². The lowest BCUT2D eigenvalue weighted by atomic mass is 9.87. The predicted octanol–water partition coefficient (Wildman–Crippen LogP) is 2.45. The fraction of sp³-hybridized carbons (Fsp3) is 0.733. The molecule has 0 spiro atoms. The highest BCUT2D eigenvalue weighted by molar-refractivity contribution is 5.32. The molecule has 0 bridgehead atoms. The third kappa shape index (κ3) is 3.06. The van der Waals surface area contributed by atoms with Crippen LogP contribution in [0, 0.1) is 0 Å². The molecule has 2 aliphatic rings. The van der Waals surface area contributed by atoms with Crippen LogP contribution in [0.2, 0.25) is 0 Å². The second-order valence-corrected chi connectivity index (χ2v) is 5.96. The maximum absolute atomic E-state index is 6.05. The van der Waals surface area contributed by atoms with Gasteiger partial charge in [-0.3, -0.25) is 0 Å². The van der Waals surface area contributed by atoms with Gasteiger partial charge in [0.2, 0.25) is 5.95 Å². The summed E-state index contributed by atoms with van der Waals surface area (Å²) in [5.41, 5.74) is 7.29. The minimum Gasteiger partial charge on any atom is -0.339 e. The Morgan fingerprint density at radius 3 is 2.74 bits per heavy atom. The molecule has 3 rings (SSSR count). The Hall–Kier alpha value is -1.16. The van der Waals surface area contributed by atoms with Gasteiger partial charge >= 0.3 is 0 Å². The van der Waals surface area contributed by atoms with Gasteiger partial charge in [0.25, 0.3) is 0 Å². The van der Waals surface area contributed by atoms with Gasteiger partial charge in [-0.05, 0) is 31.7 Å². The smallest absolute Gasteiger partial charge is 0.225 e. The third-order valence-electron chi connectivity index (χ3n) is 4.43. The zero-order valence-corrected chi connectivity index (χ0v) is 11.6. The standard InChI is InChI=1S/C15H24N4/c16-13-7-4-10-19(11-13)15-17-9-8-14(18-15)12-5-2-1-3-6-12/h8-9,12-13H,1-7,10-11,16H2. The Morgan fingerprint density at radius 1 is 1.11 bits per heavy atom. The normalized spacial score (nSPS) is 25.5. The summed E-state index contributed by atoms with van der Waals surface area (Å²) in [6.45, 7) is 1.94. The molecule has 2 heterocycles. The van der Waals surface area contributed by atoms with E-state index in [1.54, 1.807) is 0 Å². The highest BCUT2D eigenvalue weighted by Gasteiger charge is 2.21. The first-order valence-corrected chi connectivity index (χ1v) is 7.66. The van der Waals surface area contributed by atoms with Crippen LogP contribution >= 0.6 is 0 Å². The van der Waals surface area contributed by atoms with Crippen molar-refractivity contribution in [2.24, 2.45) is 5.73 Å². The summed E-state index contributed by atoms with van der Waals surface area (Å²) in [6.07, 6.45) is 10.8. The van der Waals surface area contributed by atoms with E-state index in [0.717, 1.165) is 31.9 Å². The molecule has 0 amide bonds. The fourth-order valence-corrected chi connectivity index (χ4v) is 3.33. The van der Waals surface area contributed by atoms with Crippen molar-refractivity contribution in [3.05, 3.63) is 18.0 Å². The number of nitrogens with zero attached hydrogens (tertiary/aromatic N) is 3. The highest BCUT2D eigenvalue weighted by Crippen LogP contribution is 2.32. The summed E-state index contributed by atoms with van der Waals surface area (Å²) in [4.78, 5) is 11.5. The van der Waals surface area contributed by atoms with Crippen LogP contribution in [0.4, 0.5) is 5.95 Å². The molecular formula is C15H24N4. The minimum absolute atomic E-state index is 0.274. The largest absolute Gasteiger partial charge is 0.339 e. The maximum atomic E-state index is 6.05. The molecule has 1 unspecified atom stereocenters. The second-order valence-electron chi connectivity index (χ2n) is 5.96. The zero-order chi connectivity index (χ0) is 13.1. The van der Waals surface area contributed by atoms with E-state index < -0.39 is 0 Å². The summed E-state index contributed by atoms with van der Waals surface area (Å²) in [6, 6.07) is 2.37. The van der Waals surface area contributed by atoms with E-state index in [4.69, 9.17) is 10.7 Å². The number of rotatable bonds is 2. The Labute approximate surface area is 115 Å². The molecule has 104 valence electrons. The summed E-state index contributed by atoms with van der Waals surface area (Å²) in [7, 11) is 0. The van der Waals surface area contributed by atoms with Gasteiger partial charge in [0.15, 0.2) is 0 Å². The van der Waals surface area contributed by atoms with E-state index in [0.29, 0.717) is 5.92 Å². The van der Waals surface area contributed by atoms with Crippen LogP contribution in [0.5, 0.6) is 0 Å². The number of hydrogen-bond acceptors (Lipinski definition) is 4. The Balaban J connectivity index is 1.75. The number of hydrogen-bond donors (Lipinski definition) is 1. The number of nitrogens with two attached hydrogens (primary N) is 1. The molecule has 1 aromatic heterocycles. The SMILES string of the molecule is NC1CCCN(c2nccc(C3CCCCC3)n2)C1. The molecule has 2 fully saturated rings. The van der Waals surface area contributed by atoms with E-state index in [9.17, 15) is 0 Å². The Morgan fingerprint density at radius 2 is 1.95 bits per heavy atom. The average Bonchev–Trinajstić information content (AvgIpc) is 2.48. The van der Waals surface area contributed by atoms with Gasteiger partial charge in [0.1, 0.15) is 0 Å². The van der Waals surface area contributed by atoms with Crippen LogP contribution in [0.25, 0.3) is 0 Å². The van der Waals surface area contributed by atoms with E-state index >= 15 is 0 Å². The van der Waals surface area contributed by atoms with Crippen molar-refractivity contribution in [1.82, 2.24) is 9.97 Å². The van der Waals surface area contributed by atoms with Crippen LogP contribution in [0.3, 0.4) is 0 Å². The van der Waals surface area contributed by atoms with Gasteiger partial charge in [-0.1, -0.05) is 19.3 Å². The van der Waals surface area contributed by atoms with Gasteiger partial charge in [-0.25, -0.2) is 9.97 Å². The second kappa shape index (κ2) is 5.87. The third-order valence-corrected chi connectivity index (χ3v) is 4.43. The number of aromatic nitrogens is 2. The first-order chi connectivity index (χ1) is 9.33. The van der Waals surface area contributed by atoms with Gasteiger partial charge in [-0.2, -0.15) is 0 Å². The van der Waals surface area contributed by atoms with Crippen molar-refractivity contribution in [3.63, 3.8) is 0 Å². The summed E-state index contributed by atoms with van der Waals surface area (Å²) in [5.74, 6) is 1.53. The first-order valence-electron chi connectivity index (χ1n) is 7.66. The molecule has 4 heteroatoms. The maximum Gasteiger partial charge on any atom is 0.225 e. The van der Waals surface area contributed by atoms with Gasteiger partial charge in [-0.15, -0.1) is 0 Å². The van der Waals surface area contributed by atoms with Gasteiger partial charge < -0.3 is 10.6 Å². The molecule has 1 saturated carbocycles. The topological polar surface area (TPSA) is 55.0 Å². The molecule has 4 nitrogen and oxygen atoms in total. The van der Waals surface area contributed by atoms with Crippen molar-refractivity contribution in [3.8, 4) is 0 Å². The Bertz CT molecular complexity index is 414. The van der Waals surface area contributed by atoms with Gasteiger partial charge in [0.05, 0.1) is 0 Å². The molecule has 0 radical (unpaired) electrons. The lowest BCUT2D eigenvalue weighted by molar-refractivity contribution is 0.435. The molecule has 0 aromatic carbocycles. The van der Waals surface area contributed by atoms with Crippen LogP contribution in [-0.4, -0.2) is 29.1 Å². The van der Waals surface area contributed by atoms with E-state index in [1.165, 1.54) is 37.8 Å². The molecule has 1 saturated heterocycles. The van der Waals surface area contributed by atoms with Crippen molar-refractivity contribution in [1.29, 1.82) is 0 Å². The van der Waals surface area contributed by atoms with Gasteiger partial charge in [0, 0.05) is 36.9 Å². The molecule has 2 N–H and O–H groups in total. The molecule has 1 aliphatic carbocycles. The zero-order valence-electron chi connectivity index (χ0n) is 11.6. The monoisotopic (exact) mass is 260 g/mol. The highest BCUT2D eigenvalue weighted by atomic mass is 15.3. The molecular weight excluding hydrogens is 236 g/mol. The molecule has 19 heavy (non-hydrogen) atoms. The number of piperidine rings is 1. The van der Waals surface area contributed by atoms with E-state index in [1.807, 2.05) is 6.20 Å². The van der Waals surface area contributed by atoms with Crippen LogP contribution in [0.1, 0.15) is 56.6 Å². The molecule has 1 aliphatic heterocycles. The predicted molar refractivity (Wildman–Crippen MR) is 77.3 cm³/mol.